The van der Waals surface area contributed by atoms with Gasteiger partial charge in [0.05, 0.1) is 6.42 Å². The smallest absolute Gasteiger partial charge is 0.304 e. The standard InChI is InChI=1S/C21H23N3O3S/c1-14(2)28-18-9-7-17(8-10-18)21-23-20(24-27-21)16-5-3-15(4-6-16)13-22-12-11-19(25)26/h3-10,14,22H,11-13H2,1-2H3,(H,25,26). The number of nitrogens with one attached hydrogen (secondary N) is 1. The van der Waals surface area contributed by atoms with Crippen LogP contribution in [0.5, 0.6) is 0 Å². The van der Waals surface area contributed by atoms with Crippen LogP contribution < -0.4 is 5.32 Å². The van der Waals surface area contributed by atoms with E-state index in [0.29, 0.717) is 30.1 Å². The Labute approximate surface area is 168 Å². The molecule has 0 aliphatic heterocycles. The van der Waals surface area contributed by atoms with Gasteiger partial charge in [0.2, 0.25) is 5.82 Å². The molecule has 6 nitrogen and oxygen atoms in total. The maximum Gasteiger partial charge on any atom is 0.304 e. The van der Waals surface area contributed by atoms with Gasteiger partial charge in [0.25, 0.3) is 5.89 Å². The summed E-state index contributed by atoms with van der Waals surface area (Å²) in [6.07, 6.45) is 0.112. The van der Waals surface area contributed by atoms with Gasteiger partial charge in [0.15, 0.2) is 0 Å². The molecule has 0 saturated carbocycles. The van der Waals surface area contributed by atoms with Gasteiger partial charge >= 0.3 is 5.97 Å². The van der Waals surface area contributed by atoms with Gasteiger partial charge in [-0.05, 0) is 29.8 Å². The fourth-order valence-electron chi connectivity index (χ4n) is 2.61. The van der Waals surface area contributed by atoms with Crippen molar-refractivity contribution in [3.8, 4) is 22.8 Å². The van der Waals surface area contributed by atoms with Gasteiger partial charge < -0.3 is 14.9 Å². The molecule has 7 heteroatoms. The van der Waals surface area contributed by atoms with E-state index in [1.54, 1.807) is 0 Å². The van der Waals surface area contributed by atoms with E-state index in [-0.39, 0.29) is 6.42 Å². The van der Waals surface area contributed by atoms with Gasteiger partial charge in [-0.15, -0.1) is 11.8 Å². The van der Waals surface area contributed by atoms with Crippen molar-refractivity contribution in [1.29, 1.82) is 0 Å². The summed E-state index contributed by atoms with van der Waals surface area (Å²) in [6, 6.07) is 15.9. The Hall–Kier alpha value is -2.64. The lowest BCUT2D eigenvalue weighted by molar-refractivity contribution is -0.136. The average Bonchev–Trinajstić information content (AvgIpc) is 3.16. The SMILES string of the molecule is CC(C)Sc1ccc(-c2nc(-c3ccc(CNCCC(=O)O)cc3)no2)cc1. The number of hydrogen-bond acceptors (Lipinski definition) is 6. The summed E-state index contributed by atoms with van der Waals surface area (Å²) in [5, 5.41) is 16.4. The summed E-state index contributed by atoms with van der Waals surface area (Å²) in [4.78, 5) is 16.2. The number of carboxylic acid groups (broad SMARTS) is 1. The van der Waals surface area contributed by atoms with Crippen molar-refractivity contribution in [3.63, 3.8) is 0 Å². The fraction of sp³-hybridized carbons (Fsp3) is 0.286. The van der Waals surface area contributed by atoms with E-state index < -0.39 is 5.97 Å². The average molecular weight is 398 g/mol. The minimum atomic E-state index is -0.802. The molecule has 0 saturated heterocycles. The first-order chi connectivity index (χ1) is 13.5. The van der Waals surface area contributed by atoms with Crippen LogP contribution in [0.2, 0.25) is 0 Å². The van der Waals surface area contributed by atoms with E-state index >= 15 is 0 Å². The van der Waals surface area contributed by atoms with Crippen molar-refractivity contribution < 1.29 is 14.4 Å². The summed E-state index contributed by atoms with van der Waals surface area (Å²) >= 11 is 1.81. The maximum atomic E-state index is 10.5. The second-order valence-electron chi connectivity index (χ2n) is 6.63. The van der Waals surface area contributed by atoms with Gasteiger partial charge in [-0.1, -0.05) is 43.3 Å². The van der Waals surface area contributed by atoms with Crippen LogP contribution in [0.3, 0.4) is 0 Å². The number of nitrogens with zero attached hydrogens (tertiary/aromatic N) is 2. The molecule has 0 atom stereocenters. The Morgan fingerprint density at radius 3 is 2.43 bits per heavy atom. The molecule has 0 radical (unpaired) electrons. The zero-order chi connectivity index (χ0) is 19.9. The molecule has 0 aliphatic rings. The summed E-state index contributed by atoms with van der Waals surface area (Å²) in [7, 11) is 0. The minimum Gasteiger partial charge on any atom is -0.481 e. The highest BCUT2D eigenvalue weighted by molar-refractivity contribution is 7.99. The Bertz CT molecular complexity index is 905. The van der Waals surface area contributed by atoms with E-state index in [0.717, 1.165) is 16.7 Å². The van der Waals surface area contributed by atoms with Gasteiger partial charge in [0, 0.05) is 34.4 Å². The van der Waals surface area contributed by atoms with Gasteiger partial charge in [0.1, 0.15) is 0 Å². The Morgan fingerprint density at radius 1 is 1.11 bits per heavy atom. The first-order valence-electron chi connectivity index (χ1n) is 9.14. The first kappa shape index (κ1) is 20.1. The molecule has 146 valence electrons. The van der Waals surface area contributed by atoms with E-state index in [4.69, 9.17) is 9.63 Å². The molecular formula is C21H23N3O3S. The third kappa shape index (κ3) is 5.68. The lowest BCUT2D eigenvalue weighted by Gasteiger charge is -2.04. The van der Waals surface area contributed by atoms with E-state index in [1.165, 1.54) is 4.90 Å². The number of aliphatic carboxylic acids is 1. The topological polar surface area (TPSA) is 88.2 Å². The number of rotatable bonds is 9. The predicted molar refractivity (Wildman–Crippen MR) is 110 cm³/mol. The third-order valence-electron chi connectivity index (χ3n) is 3.96. The highest BCUT2D eigenvalue weighted by atomic mass is 32.2. The number of aromatic nitrogens is 2. The number of carboxylic acids is 1. The van der Waals surface area contributed by atoms with Crippen LogP contribution in [0, 0.1) is 0 Å². The Kier molecular flexibility index (Phi) is 6.84. The van der Waals surface area contributed by atoms with Gasteiger partial charge in [-0.2, -0.15) is 4.98 Å². The maximum absolute atomic E-state index is 10.5. The van der Waals surface area contributed by atoms with Crippen LogP contribution in [0.25, 0.3) is 22.8 Å². The van der Waals surface area contributed by atoms with Crippen LogP contribution in [0.1, 0.15) is 25.8 Å². The van der Waals surface area contributed by atoms with Crippen molar-refractivity contribution >= 4 is 17.7 Å². The summed E-state index contributed by atoms with van der Waals surface area (Å²) in [6.45, 7) is 5.39. The molecule has 3 aromatic rings. The Morgan fingerprint density at radius 2 is 1.79 bits per heavy atom. The van der Waals surface area contributed by atoms with Crippen LogP contribution in [-0.4, -0.2) is 33.0 Å². The Balaban J connectivity index is 1.62. The van der Waals surface area contributed by atoms with Crippen molar-refractivity contribution in [1.82, 2.24) is 15.5 Å². The van der Waals surface area contributed by atoms with E-state index in [9.17, 15) is 4.79 Å². The molecule has 0 unspecified atom stereocenters. The van der Waals surface area contributed by atoms with Crippen LogP contribution in [0.15, 0.2) is 57.9 Å². The first-order valence-corrected chi connectivity index (χ1v) is 10.0. The van der Waals surface area contributed by atoms with Gasteiger partial charge in [-0.3, -0.25) is 4.79 Å². The van der Waals surface area contributed by atoms with Crippen molar-refractivity contribution in [2.24, 2.45) is 0 Å². The monoisotopic (exact) mass is 397 g/mol. The number of carbonyl (C=O) groups is 1. The van der Waals surface area contributed by atoms with E-state index in [2.05, 4.69) is 41.4 Å². The number of benzene rings is 2. The second kappa shape index (κ2) is 9.52. The molecule has 0 fully saturated rings. The van der Waals surface area contributed by atoms with Crippen LogP contribution in [-0.2, 0) is 11.3 Å². The summed E-state index contributed by atoms with van der Waals surface area (Å²) in [5.74, 6) is 0.237. The van der Waals surface area contributed by atoms with Crippen molar-refractivity contribution in [2.45, 2.75) is 37.0 Å². The van der Waals surface area contributed by atoms with Crippen molar-refractivity contribution in [3.05, 3.63) is 54.1 Å². The zero-order valence-corrected chi connectivity index (χ0v) is 16.7. The van der Waals surface area contributed by atoms with Crippen LogP contribution >= 0.6 is 11.8 Å². The predicted octanol–water partition coefficient (Wildman–Crippen LogP) is 4.47. The van der Waals surface area contributed by atoms with Crippen molar-refractivity contribution in [2.75, 3.05) is 6.54 Å². The van der Waals surface area contributed by atoms with E-state index in [1.807, 2.05) is 48.2 Å². The largest absolute Gasteiger partial charge is 0.481 e. The quantitative estimate of drug-likeness (QED) is 0.407. The molecule has 28 heavy (non-hydrogen) atoms. The lowest BCUT2D eigenvalue weighted by atomic mass is 10.1. The molecular weight excluding hydrogens is 374 g/mol. The molecule has 0 bridgehead atoms. The molecule has 3 rings (SSSR count). The molecule has 0 aliphatic carbocycles. The number of thioether (sulfide) groups is 1. The third-order valence-corrected chi connectivity index (χ3v) is 4.97. The molecule has 1 aromatic heterocycles. The van der Waals surface area contributed by atoms with Crippen LogP contribution in [0.4, 0.5) is 0 Å². The highest BCUT2D eigenvalue weighted by Crippen LogP contribution is 2.27. The molecule has 1 heterocycles. The number of hydrogen-bond donors (Lipinski definition) is 2. The molecule has 0 spiro atoms. The van der Waals surface area contributed by atoms with Gasteiger partial charge in [-0.25, -0.2) is 0 Å². The molecule has 2 N–H and O–H groups in total. The summed E-state index contributed by atoms with van der Waals surface area (Å²) in [5.41, 5.74) is 2.83. The lowest BCUT2D eigenvalue weighted by Crippen LogP contribution is -2.17. The minimum absolute atomic E-state index is 0.112. The zero-order valence-electron chi connectivity index (χ0n) is 15.9. The second-order valence-corrected chi connectivity index (χ2v) is 8.28. The molecule has 0 amide bonds. The normalized spacial score (nSPS) is 11.1. The summed E-state index contributed by atoms with van der Waals surface area (Å²) < 4.78 is 5.42. The molecule has 2 aromatic carbocycles. The highest BCUT2D eigenvalue weighted by Gasteiger charge is 2.11. The fourth-order valence-corrected chi connectivity index (χ4v) is 3.44.